The maximum atomic E-state index is 5.35. The van der Waals surface area contributed by atoms with Crippen LogP contribution in [0.1, 0.15) is 84.9 Å². The van der Waals surface area contributed by atoms with E-state index in [9.17, 15) is 0 Å². The van der Waals surface area contributed by atoms with E-state index in [1.165, 1.54) is 24.0 Å². The first-order chi connectivity index (χ1) is 10.6. The van der Waals surface area contributed by atoms with Crippen molar-refractivity contribution in [3.63, 3.8) is 0 Å². The largest absolute Gasteiger partial charge is 0.115 e. The van der Waals surface area contributed by atoms with Gasteiger partial charge in [-0.3, -0.25) is 0 Å². The Morgan fingerprint density at radius 1 is 0.955 bits per heavy atom. The van der Waals surface area contributed by atoms with Gasteiger partial charge in [-0.15, -0.1) is 6.42 Å². The van der Waals surface area contributed by atoms with Gasteiger partial charge in [-0.25, -0.2) is 0 Å². The van der Waals surface area contributed by atoms with E-state index in [4.69, 9.17) is 6.42 Å². The number of rotatable bonds is 4. The van der Waals surface area contributed by atoms with Gasteiger partial charge in [0, 0.05) is 5.57 Å². The summed E-state index contributed by atoms with van der Waals surface area (Å²) >= 11 is 0. The number of hydrogen-bond donors (Lipinski definition) is 0. The molecule has 0 fully saturated rings. The Balaban J connectivity index is -0.000000383. The zero-order valence-corrected chi connectivity index (χ0v) is 16.3. The molecule has 0 amide bonds. The second kappa shape index (κ2) is 19.5. The lowest BCUT2D eigenvalue weighted by molar-refractivity contribution is 0.886. The Morgan fingerprint density at radius 3 is 1.77 bits per heavy atom. The highest BCUT2D eigenvalue weighted by atomic mass is 14.1. The van der Waals surface area contributed by atoms with Gasteiger partial charge in [0.15, 0.2) is 0 Å². The van der Waals surface area contributed by atoms with Crippen molar-refractivity contribution in [1.82, 2.24) is 0 Å². The summed E-state index contributed by atoms with van der Waals surface area (Å²) in [6.07, 6.45) is 10.1. The van der Waals surface area contributed by atoms with Crippen molar-refractivity contribution in [3.05, 3.63) is 41.5 Å². The molecule has 0 aliphatic heterocycles. The fourth-order valence-corrected chi connectivity index (χ4v) is 1.53. The molecule has 0 heteroatoms. The van der Waals surface area contributed by atoms with Crippen LogP contribution >= 0.6 is 0 Å². The highest BCUT2D eigenvalue weighted by Gasteiger charge is 2.03. The van der Waals surface area contributed by atoms with Gasteiger partial charge in [0.05, 0.1) is 0 Å². The molecule has 1 aromatic carbocycles. The minimum Gasteiger partial charge on any atom is -0.115 e. The van der Waals surface area contributed by atoms with E-state index < -0.39 is 0 Å². The predicted octanol–water partition coefficient (Wildman–Crippen LogP) is 7.32. The Hall–Kier alpha value is -1.48. The average molecular weight is 303 g/mol. The second-order valence-corrected chi connectivity index (χ2v) is 4.32. The van der Waals surface area contributed by atoms with Crippen molar-refractivity contribution in [3.8, 4) is 12.3 Å². The number of hydrogen-bond acceptors (Lipinski definition) is 0. The van der Waals surface area contributed by atoms with Crippen LogP contribution in [0.25, 0.3) is 5.57 Å². The average Bonchev–Trinajstić information content (AvgIpc) is 2.63. The zero-order chi connectivity index (χ0) is 18.0. The molecule has 0 nitrogen and oxygen atoms in total. The number of allylic oxidation sites excluding steroid dienone is 1. The quantitative estimate of drug-likeness (QED) is 0.511. The minimum absolute atomic E-state index is 0.782. The van der Waals surface area contributed by atoms with Gasteiger partial charge >= 0.3 is 0 Å². The van der Waals surface area contributed by atoms with Gasteiger partial charge in [-0.2, -0.15) is 0 Å². The van der Waals surface area contributed by atoms with Crippen molar-refractivity contribution in [2.75, 3.05) is 0 Å². The van der Waals surface area contributed by atoms with Crippen molar-refractivity contribution < 1.29 is 0 Å². The third-order valence-corrected chi connectivity index (χ3v) is 2.96. The molecule has 0 bridgehead atoms. The summed E-state index contributed by atoms with van der Waals surface area (Å²) in [5.74, 6) is 2.60. The number of terminal acetylenes is 1. The SMILES string of the molecule is C#CC(=C)c1ccc(CC)cc1CC.CC.CC.CCCC. The van der Waals surface area contributed by atoms with Crippen LogP contribution in [0, 0.1) is 12.3 Å². The Morgan fingerprint density at radius 2 is 1.45 bits per heavy atom. The molecule has 1 aromatic rings. The molecule has 0 heterocycles. The molecule has 0 saturated heterocycles. The van der Waals surface area contributed by atoms with E-state index in [0.29, 0.717) is 0 Å². The Bertz CT molecular complexity index is 403. The minimum atomic E-state index is 0.782. The van der Waals surface area contributed by atoms with E-state index in [2.05, 4.69) is 58.4 Å². The molecular formula is C22H38. The highest BCUT2D eigenvalue weighted by molar-refractivity contribution is 5.78. The molecule has 126 valence electrons. The number of unbranched alkanes of at least 4 members (excludes halogenated alkanes) is 1. The van der Waals surface area contributed by atoms with Gasteiger partial charge in [-0.1, -0.05) is 98.9 Å². The van der Waals surface area contributed by atoms with E-state index in [1.807, 2.05) is 27.7 Å². The summed E-state index contributed by atoms with van der Waals surface area (Å²) in [5.41, 5.74) is 4.56. The van der Waals surface area contributed by atoms with Gasteiger partial charge in [0.2, 0.25) is 0 Å². The first-order valence-corrected chi connectivity index (χ1v) is 8.92. The van der Waals surface area contributed by atoms with Crippen LogP contribution < -0.4 is 0 Å². The lowest BCUT2D eigenvalue weighted by Crippen LogP contribution is -1.92. The van der Waals surface area contributed by atoms with E-state index >= 15 is 0 Å². The van der Waals surface area contributed by atoms with Gasteiger partial charge in [0.25, 0.3) is 0 Å². The topological polar surface area (TPSA) is 0 Å². The highest BCUT2D eigenvalue weighted by Crippen LogP contribution is 2.19. The summed E-state index contributed by atoms with van der Waals surface area (Å²) in [6, 6.07) is 6.43. The van der Waals surface area contributed by atoms with E-state index in [1.54, 1.807) is 0 Å². The normalized spacial score (nSPS) is 7.95. The van der Waals surface area contributed by atoms with Crippen LogP contribution in [0.4, 0.5) is 0 Å². The number of aryl methyl sites for hydroxylation is 2. The van der Waals surface area contributed by atoms with Crippen molar-refractivity contribution in [1.29, 1.82) is 0 Å². The second-order valence-electron chi connectivity index (χ2n) is 4.32. The molecular weight excluding hydrogens is 264 g/mol. The van der Waals surface area contributed by atoms with E-state index in [0.717, 1.165) is 24.0 Å². The molecule has 0 saturated carbocycles. The van der Waals surface area contributed by atoms with Crippen molar-refractivity contribution in [2.45, 2.75) is 81.1 Å². The van der Waals surface area contributed by atoms with E-state index in [-0.39, 0.29) is 0 Å². The maximum Gasteiger partial charge on any atom is 0.0245 e. The molecule has 0 aliphatic carbocycles. The van der Waals surface area contributed by atoms with Crippen LogP contribution in [0.5, 0.6) is 0 Å². The molecule has 22 heavy (non-hydrogen) atoms. The number of benzene rings is 1. The summed E-state index contributed by atoms with van der Waals surface area (Å²) in [4.78, 5) is 0. The molecule has 0 N–H and O–H groups in total. The maximum absolute atomic E-state index is 5.35. The fourth-order valence-electron chi connectivity index (χ4n) is 1.53. The van der Waals surface area contributed by atoms with Crippen LogP contribution in [0.3, 0.4) is 0 Å². The summed E-state index contributed by atoms with van der Waals surface area (Å²) in [7, 11) is 0. The molecule has 0 aliphatic rings. The lowest BCUT2D eigenvalue weighted by atomic mass is 9.96. The molecule has 0 aromatic heterocycles. The summed E-state index contributed by atoms with van der Waals surface area (Å²) in [6.45, 7) is 20.5. The van der Waals surface area contributed by atoms with Crippen molar-refractivity contribution >= 4 is 5.57 Å². The standard InChI is InChI=1S/C14H16.C4H10.2C2H6/c1-5-11(4)14-9-8-12(6-2)10-13(14)7-3;1-3-4-2;2*1-2/h1,8-10H,4,6-7H2,2-3H3;3-4H2,1-2H3;2*1-2H3. The van der Waals surface area contributed by atoms with Crippen molar-refractivity contribution in [2.24, 2.45) is 0 Å². The Labute approximate surface area is 141 Å². The first kappa shape index (κ1) is 25.5. The van der Waals surface area contributed by atoms with Gasteiger partial charge in [-0.05, 0) is 29.5 Å². The van der Waals surface area contributed by atoms with Crippen LogP contribution in [0.2, 0.25) is 0 Å². The summed E-state index contributed by atoms with van der Waals surface area (Å²) in [5, 5.41) is 0. The third kappa shape index (κ3) is 11.2. The summed E-state index contributed by atoms with van der Waals surface area (Å²) < 4.78 is 0. The lowest BCUT2D eigenvalue weighted by Gasteiger charge is -2.08. The van der Waals surface area contributed by atoms with Crippen LogP contribution in [0.15, 0.2) is 24.8 Å². The monoisotopic (exact) mass is 302 g/mol. The molecule has 0 radical (unpaired) electrons. The van der Waals surface area contributed by atoms with Crippen LogP contribution in [-0.4, -0.2) is 0 Å². The molecule has 1 rings (SSSR count). The third-order valence-electron chi connectivity index (χ3n) is 2.96. The van der Waals surface area contributed by atoms with Gasteiger partial charge in [0.1, 0.15) is 0 Å². The predicted molar refractivity (Wildman–Crippen MR) is 106 cm³/mol. The van der Waals surface area contributed by atoms with Crippen LogP contribution in [-0.2, 0) is 12.8 Å². The molecule has 0 atom stereocenters. The Kier molecular flexibility index (Phi) is 22.6. The molecule has 0 spiro atoms. The van der Waals surface area contributed by atoms with Gasteiger partial charge < -0.3 is 0 Å². The fraction of sp³-hybridized carbons (Fsp3) is 0.545. The zero-order valence-electron chi connectivity index (χ0n) is 16.3. The first-order valence-electron chi connectivity index (χ1n) is 8.92. The smallest absolute Gasteiger partial charge is 0.0245 e. The molecule has 0 unspecified atom stereocenters.